The molecule has 0 aromatic carbocycles. The Hall–Kier alpha value is -0.0800. The first-order valence-corrected chi connectivity index (χ1v) is 7.30. The van der Waals surface area contributed by atoms with E-state index in [-0.39, 0.29) is 0 Å². The maximum absolute atomic E-state index is 3.64. The maximum atomic E-state index is 3.64. The van der Waals surface area contributed by atoms with E-state index in [1.807, 2.05) is 0 Å². The van der Waals surface area contributed by atoms with Gasteiger partial charge < -0.3 is 10.2 Å². The number of hydrogen-bond acceptors (Lipinski definition) is 2. The van der Waals surface area contributed by atoms with Gasteiger partial charge in [0.1, 0.15) is 0 Å². The fourth-order valence-electron chi connectivity index (χ4n) is 2.05. The van der Waals surface area contributed by atoms with Crippen LogP contribution in [-0.2, 0) is 0 Å². The van der Waals surface area contributed by atoms with E-state index in [1.54, 1.807) is 0 Å². The van der Waals surface area contributed by atoms with E-state index in [9.17, 15) is 0 Å². The van der Waals surface area contributed by atoms with Crippen LogP contribution in [0.5, 0.6) is 0 Å². The van der Waals surface area contributed by atoms with Crippen molar-refractivity contribution in [3.63, 3.8) is 0 Å². The second-order valence-corrected chi connectivity index (χ2v) is 6.34. The third-order valence-corrected chi connectivity index (χ3v) is 3.65. The van der Waals surface area contributed by atoms with Crippen LogP contribution < -0.4 is 5.32 Å². The third kappa shape index (κ3) is 7.05. The van der Waals surface area contributed by atoms with Crippen molar-refractivity contribution in [1.29, 1.82) is 0 Å². The van der Waals surface area contributed by atoms with Crippen molar-refractivity contribution in [2.45, 2.75) is 60.9 Å². The van der Waals surface area contributed by atoms with Crippen LogP contribution >= 0.6 is 0 Å². The summed E-state index contributed by atoms with van der Waals surface area (Å²) in [6, 6.07) is 0.580. The first-order valence-electron chi connectivity index (χ1n) is 7.30. The van der Waals surface area contributed by atoms with Crippen LogP contribution in [0.25, 0.3) is 0 Å². The Kier molecular flexibility index (Phi) is 8.06. The zero-order valence-electron chi connectivity index (χ0n) is 13.1. The summed E-state index contributed by atoms with van der Waals surface area (Å²) in [5.74, 6) is 0.803. The van der Waals surface area contributed by atoms with Crippen LogP contribution in [0.2, 0.25) is 0 Å². The fraction of sp³-hybridized carbons (Fsp3) is 1.00. The monoisotopic (exact) mass is 242 g/mol. The average Bonchev–Trinajstić information content (AvgIpc) is 2.25. The molecule has 2 atom stereocenters. The SMILES string of the molecule is CCNC(CN(CC)CC(C)CC)C(C)(C)C. The maximum Gasteiger partial charge on any atom is 0.0243 e. The molecule has 17 heavy (non-hydrogen) atoms. The highest BCUT2D eigenvalue weighted by Gasteiger charge is 2.25. The number of hydrogen-bond donors (Lipinski definition) is 1. The fourth-order valence-corrected chi connectivity index (χ4v) is 2.05. The highest BCUT2D eigenvalue weighted by atomic mass is 15.1. The Morgan fingerprint density at radius 3 is 2.00 bits per heavy atom. The van der Waals surface area contributed by atoms with E-state index >= 15 is 0 Å². The Labute approximate surface area is 109 Å². The molecule has 2 nitrogen and oxygen atoms in total. The van der Waals surface area contributed by atoms with Gasteiger partial charge in [0, 0.05) is 19.1 Å². The molecule has 0 aromatic heterocycles. The number of nitrogens with one attached hydrogen (secondary N) is 1. The zero-order chi connectivity index (χ0) is 13.5. The van der Waals surface area contributed by atoms with E-state index < -0.39 is 0 Å². The molecule has 0 aromatic rings. The van der Waals surface area contributed by atoms with E-state index in [4.69, 9.17) is 0 Å². The van der Waals surface area contributed by atoms with Gasteiger partial charge in [-0.15, -0.1) is 0 Å². The number of rotatable bonds is 8. The van der Waals surface area contributed by atoms with Gasteiger partial charge in [-0.1, -0.05) is 54.9 Å². The summed E-state index contributed by atoms with van der Waals surface area (Å²) >= 11 is 0. The van der Waals surface area contributed by atoms with Crippen molar-refractivity contribution >= 4 is 0 Å². The average molecular weight is 242 g/mol. The molecule has 0 aliphatic heterocycles. The van der Waals surface area contributed by atoms with Gasteiger partial charge in [0.15, 0.2) is 0 Å². The van der Waals surface area contributed by atoms with Crippen LogP contribution in [0.1, 0.15) is 54.9 Å². The van der Waals surface area contributed by atoms with Crippen molar-refractivity contribution in [3.05, 3.63) is 0 Å². The Balaban J connectivity index is 4.38. The van der Waals surface area contributed by atoms with Crippen molar-refractivity contribution in [1.82, 2.24) is 10.2 Å². The van der Waals surface area contributed by atoms with Gasteiger partial charge in [-0.25, -0.2) is 0 Å². The molecule has 0 rings (SSSR count). The molecule has 0 aliphatic carbocycles. The molecule has 0 spiro atoms. The summed E-state index contributed by atoms with van der Waals surface area (Å²) in [4.78, 5) is 2.59. The minimum atomic E-state index is 0.332. The molecule has 0 radical (unpaired) electrons. The molecule has 1 N–H and O–H groups in total. The molecular formula is C15H34N2. The van der Waals surface area contributed by atoms with Crippen LogP contribution in [0.15, 0.2) is 0 Å². The predicted molar refractivity (Wildman–Crippen MR) is 78.5 cm³/mol. The van der Waals surface area contributed by atoms with Crippen molar-refractivity contribution in [2.75, 3.05) is 26.2 Å². The Morgan fingerprint density at radius 2 is 1.65 bits per heavy atom. The normalized spacial score (nSPS) is 16.2. The molecule has 2 heteroatoms. The lowest BCUT2D eigenvalue weighted by molar-refractivity contribution is 0.163. The van der Waals surface area contributed by atoms with Crippen molar-refractivity contribution in [3.8, 4) is 0 Å². The predicted octanol–water partition coefficient (Wildman–Crippen LogP) is 3.38. The first-order chi connectivity index (χ1) is 7.85. The molecule has 0 bridgehead atoms. The minimum absolute atomic E-state index is 0.332. The highest BCUT2D eigenvalue weighted by Crippen LogP contribution is 2.20. The third-order valence-electron chi connectivity index (χ3n) is 3.65. The van der Waals surface area contributed by atoms with Gasteiger partial charge in [-0.2, -0.15) is 0 Å². The smallest absolute Gasteiger partial charge is 0.0243 e. The zero-order valence-corrected chi connectivity index (χ0v) is 13.1. The molecule has 0 saturated heterocycles. The number of likely N-dealkylation sites (N-methyl/N-ethyl adjacent to an activating group) is 2. The Morgan fingerprint density at radius 1 is 1.06 bits per heavy atom. The summed E-state index contributed by atoms with van der Waals surface area (Å²) in [5.41, 5.74) is 0.332. The summed E-state index contributed by atoms with van der Waals surface area (Å²) in [6.07, 6.45) is 1.28. The first kappa shape index (κ1) is 16.9. The molecule has 0 fully saturated rings. The molecular weight excluding hydrogens is 208 g/mol. The van der Waals surface area contributed by atoms with Crippen molar-refractivity contribution < 1.29 is 0 Å². The van der Waals surface area contributed by atoms with Gasteiger partial charge in [0.25, 0.3) is 0 Å². The van der Waals surface area contributed by atoms with Crippen LogP contribution in [0.4, 0.5) is 0 Å². The molecule has 0 saturated carbocycles. The summed E-state index contributed by atoms with van der Waals surface area (Å²) < 4.78 is 0. The molecule has 0 aliphatic rings. The van der Waals surface area contributed by atoms with Crippen LogP contribution in [-0.4, -0.2) is 37.1 Å². The Bertz CT molecular complexity index is 184. The van der Waals surface area contributed by atoms with E-state index in [0.29, 0.717) is 11.5 Å². The van der Waals surface area contributed by atoms with Crippen molar-refractivity contribution in [2.24, 2.45) is 11.3 Å². The van der Waals surface area contributed by atoms with Gasteiger partial charge in [0.05, 0.1) is 0 Å². The highest BCUT2D eigenvalue weighted by molar-refractivity contribution is 4.83. The lowest BCUT2D eigenvalue weighted by Gasteiger charge is -2.36. The number of nitrogens with zero attached hydrogens (tertiary/aromatic N) is 1. The van der Waals surface area contributed by atoms with E-state index in [1.165, 1.54) is 13.0 Å². The van der Waals surface area contributed by atoms with E-state index in [0.717, 1.165) is 25.6 Å². The lowest BCUT2D eigenvalue weighted by atomic mass is 9.86. The molecule has 0 heterocycles. The van der Waals surface area contributed by atoms with Crippen LogP contribution in [0, 0.1) is 11.3 Å². The summed E-state index contributed by atoms with van der Waals surface area (Å²) in [7, 11) is 0. The summed E-state index contributed by atoms with van der Waals surface area (Å²) in [5, 5.41) is 3.64. The van der Waals surface area contributed by atoms with Gasteiger partial charge >= 0.3 is 0 Å². The standard InChI is InChI=1S/C15H34N2/c1-8-13(4)11-17(10-3)12-14(16-9-2)15(5,6)7/h13-14,16H,8-12H2,1-7H3. The van der Waals surface area contributed by atoms with Gasteiger partial charge in [-0.05, 0) is 24.4 Å². The van der Waals surface area contributed by atoms with Crippen LogP contribution in [0.3, 0.4) is 0 Å². The topological polar surface area (TPSA) is 15.3 Å². The quantitative estimate of drug-likeness (QED) is 0.702. The minimum Gasteiger partial charge on any atom is -0.312 e. The molecule has 104 valence electrons. The second-order valence-electron chi connectivity index (χ2n) is 6.34. The van der Waals surface area contributed by atoms with Gasteiger partial charge in [-0.3, -0.25) is 0 Å². The largest absolute Gasteiger partial charge is 0.312 e. The second kappa shape index (κ2) is 8.10. The van der Waals surface area contributed by atoms with Gasteiger partial charge in [0.2, 0.25) is 0 Å². The van der Waals surface area contributed by atoms with E-state index in [2.05, 4.69) is 58.7 Å². The lowest BCUT2D eigenvalue weighted by Crippen LogP contribution is -2.49. The molecule has 2 unspecified atom stereocenters. The molecule has 0 amide bonds. The summed E-state index contributed by atoms with van der Waals surface area (Å²) in [6.45, 7) is 20.7.